The monoisotopic (exact) mass is 304 g/mol. The molecule has 0 radical (unpaired) electrons. The molecule has 0 unspecified atom stereocenters. The Labute approximate surface area is 128 Å². The maximum Gasteiger partial charge on any atom is 0.410 e. The second-order valence-corrected chi connectivity index (χ2v) is 6.28. The van der Waals surface area contributed by atoms with E-state index in [0.717, 1.165) is 24.6 Å². The van der Waals surface area contributed by atoms with Gasteiger partial charge in [0.15, 0.2) is 5.65 Å². The van der Waals surface area contributed by atoms with E-state index in [1.54, 1.807) is 15.7 Å². The number of ether oxygens (including phenoxy) is 1. The lowest BCUT2D eigenvalue weighted by Crippen LogP contribution is -2.50. The Morgan fingerprint density at radius 1 is 1.18 bits per heavy atom. The molecule has 22 heavy (non-hydrogen) atoms. The van der Waals surface area contributed by atoms with E-state index in [0.29, 0.717) is 13.1 Å². The van der Waals surface area contributed by atoms with Crippen LogP contribution in [0.15, 0.2) is 18.5 Å². The fourth-order valence-corrected chi connectivity index (χ4v) is 2.33. The van der Waals surface area contributed by atoms with E-state index in [2.05, 4.69) is 20.2 Å². The van der Waals surface area contributed by atoms with Gasteiger partial charge in [0, 0.05) is 26.2 Å². The molecular formula is C14H20N6O2. The fraction of sp³-hybridized carbons (Fsp3) is 0.571. The second kappa shape index (κ2) is 5.43. The molecule has 2 aromatic heterocycles. The standard InChI is InChI=1S/C14H20N6O2/c1-14(2,3)22-13(21)19-8-6-18(7-9-19)12-5-4-11-16-15-10-20(11)17-12/h4-5,10H,6-9H2,1-3H3. The summed E-state index contributed by atoms with van der Waals surface area (Å²) < 4.78 is 7.05. The highest BCUT2D eigenvalue weighted by atomic mass is 16.6. The largest absolute Gasteiger partial charge is 0.444 e. The number of anilines is 1. The van der Waals surface area contributed by atoms with Crippen LogP contribution < -0.4 is 4.90 Å². The van der Waals surface area contributed by atoms with Gasteiger partial charge < -0.3 is 14.5 Å². The molecule has 118 valence electrons. The van der Waals surface area contributed by atoms with Crippen LogP contribution in [0.25, 0.3) is 5.65 Å². The van der Waals surface area contributed by atoms with Gasteiger partial charge in [0.25, 0.3) is 0 Å². The smallest absolute Gasteiger partial charge is 0.410 e. The number of hydrogen-bond acceptors (Lipinski definition) is 6. The molecule has 2 aromatic rings. The summed E-state index contributed by atoms with van der Waals surface area (Å²) in [6, 6.07) is 3.81. The van der Waals surface area contributed by atoms with Gasteiger partial charge in [-0.3, -0.25) is 0 Å². The van der Waals surface area contributed by atoms with Crippen LogP contribution in [-0.2, 0) is 4.74 Å². The van der Waals surface area contributed by atoms with Gasteiger partial charge in [-0.15, -0.1) is 15.3 Å². The molecule has 0 spiro atoms. The number of rotatable bonds is 1. The molecule has 1 fully saturated rings. The van der Waals surface area contributed by atoms with Crippen molar-refractivity contribution in [2.45, 2.75) is 26.4 Å². The van der Waals surface area contributed by atoms with Crippen molar-refractivity contribution in [3.05, 3.63) is 18.5 Å². The van der Waals surface area contributed by atoms with Crippen molar-refractivity contribution in [3.8, 4) is 0 Å². The minimum Gasteiger partial charge on any atom is -0.444 e. The van der Waals surface area contributed by atoms with E-state index in [1.165, 1.54) is 0 Å². The molecule has 0 aromatic carbocycles. The zero-order valence-corrected chi connectivity index (χ0v) is 13.1. The molecule has 3 rings (SSSR count). The summed E-state index contributed by atoms with van der Waals surface area (Å²) in [6.07, 6.45) is 1.32. The van der Waals surface area contributed by atoms with Crippen LogP contribution in [0.2, 0.25) is 0 Å². The molecule has 1 aliphatic heterocycles. The molecule has 1 aliphatic rings. The highest BCUT2D eigenvalue weighted by molar-refractivity contribution is 5.68. The summed E-state index contributed by atoms with van der Waals surface area (Å²) in [5.41, 5.74) is 0.256. The average molecular weight is 304 g/mol. The first-order chi connectivity index (χ1) is 10.4. The predicted molar refractivity (Wildman–Crippen MR) is 80.8 cm³/mol. The molecule has 0 N–H and O–H groups in total. The Morgan fingerprint density at radius 3 is 2.59 bits per heavy atom. The van der Waals surface area contributed by atoms with E-state index < -0.39 is 5.60 Å². The SMILES string of the molecule is CC(C)(C)OC(=O)N1CCN(c2ccc3nncn3n2)CC1. The van der Waals surface area contributed by atoms with Gasteiger partial charge in [-0.2, -0.15) is 4.52 Å². The van der Waals surface area contributed by atoms with Crippen LogP contribution in [0.5, 0.6) is 0 Å². The molecule has 8 nitrogen and oxygen atoms in total. The van der Waals surface area contributed by atoms with Gasteiger partial charge in [-0.25, -0.2) is 4.79 Å². The number of nitrogens with zero attached hydrogens (tertiary/aromatic N) is 6. The molecule has 3 heterocycles. The van der Waals surface area contributed by atoms with Crippen LogP contribution in [-0.4, -0.2) is 62.6 Å². The van der Waals surface area contributed by atoms with Crippen molar-refractivity contribution in [1.82, 2.24) is 24.7 Å². The molecule has 0 aliphatic carbocycles. The topological polar surface area (TPSA) is 75.9 Å². The van der Waals surface area contributed by atoms with Gasteiger partial charge in [0.2, 0.25) is 0 Å². The van der Waals surface area contributed by atoms with Crippen molar-refractivity contribution >= 4 is 17.6 Å². The van der Waals surface area contributed by atoms with Gasteiger partial charge in [-0.05, 0) is 32.9 Å². The Bertz CT molecular complexity index is 669. The van der Waals surface area contributed by atoms with Crippen LogP contribution >= 0.6 is 0 Å². The van der Waals surface area contributed by atoms with Gasteiger partial charge in [0.05, 0.1) is 0 Å². The zero-order valence-electron chi connectivity index (χ0n) is 13.1. The molecular weight excluding hydrogens is 284 g/mol. The van der Waals surface area contributed by atoms with Crippen molar-refractivity contribution < 1.29 is 9.53 Å². The summed E-state index contributed by atoms with van der Waals surface area (Å²) in [5.74, 6) is 0.858. The lowest BCUT2D eigenvalue weighted by molar-refractivity contribution is 0.0240. The normalized spacial score (nSPS) is 16.1. The molecule has 1 saturated heterocycles. The summed E-state index contributed by atoms with van der Waals surface area (Å²) in [4.78, 5) is 15.9. The Hall–Kier alpha value is -2.38. The van der Waals surface area contributed by atoms with Crippen LogP contribution in [0.1, 0.15) is 20.8 Å². The van der Waals surface area contributed by atoms with Crippen molar-refractivity contribution in [3.63, 3.8) is 0 Å². The van der Waals surface area contributed by atoms with Crippen molar-refractivity contribution in [2.75, 3.05) is 31.1 Å². The highest BCUT2D eigenvalue weighted by Crippen LogP contribution is 2.16. The van der Waals surface area contributed by atoms with E-state index in [9.17, 15) is 4.79 Å². The van der Waals surface area contributed by atoms with Crippen LogP contribution in [0, 0.1) is 0 Å². The molecule has 0 atom stereocenters. The summed E-state index contributed by atoms with van der Waals surface area (Å²) >= 11 is 0. The number of hydrogen-bond donors (Lipinski definition) is 0. The Morgan fingerprint density at radius 2 is 1.91 bits per heavy atom. The highest BCUT2D eigenvalue weighted by Gasteiger charge is 2.26. The Balaban J connectivity index is 1.62. The first kappa shape index (κ1) is 14.6. The first-order valence-electron chi connectivity index (χ1n) is 7.32. The molecule has 0 saturated carbocycles. The molecule has 0 bridgehead atoms. The summed E-state index contributed by atoms with van der Waals surface area (Å²) in [7, 11) is 0. The molecule has 8 heteroatoms. The number of amides is 1. The number of aromatic nitrogens is 4. The van der Waals surface area contributed by atoms with Gasteiger partial charge in [0.1, 0.15) is 17.7 Å². The van der Waals surface area contributed by atoms with Gasteiger partial charge >= 0.3 is 6.09 Å². The number of carbonyl (C=O) groups excluding carboxylic acids is 1. The third-order valence-electron chi connectivity index (χ3n) is 3.40. The quantitative estimate of drug-likeness (QED) is 0.787. The first-order valence-corrected chi connectivity index (χ1v) is 7.32. The predicted octanol–water partition coefficient (Wildman–Crippen LogP) is 1.18. The minimum absolute atomic E-state index is 0.255. The average Bonchev–Trinajstić information content (AvgIpc) is 2.93. The lowest BCUT2D eigenvalue weighted by Gasteiger charge is -2.36. The van der Waals surface area contributed by atoms with E-state index in [4.69, 9.17) is 4.74 Å². The second-order valence-electron chi connectivity index (χ2n) is 6.28. The third kappa shape index (κ3) is 3.10. The minimum atomic E-state index is -0.463. The van der Waals surface area contributed by atoms with Crippen LogP contribution in [0.4, 0.5) is 10.6 Å². The third-order valence-corrected chi connectivity index (χ3v) is 3.40. The molecule has 1 amide bonds. The number of fused-ring (bicyclic) bond motifs is 1. The lowest BCUT2D eigenvalue weighted by atomic mass is 10.2. The summed E-state index contributed by atoms with van der Waals surface area (Å²) in [6.45, 7) is 8.31. The Kier molecular flexibility index (Phi) is 3.59. The van der Waals surface area contributed by atoms with Crippen LogP contribution in [0.3, 0.4) is 0 Å². The summed E-state index contributed by atoms with van der Waals surface area (Å²) in [5, 5.41) is 12.2. The van der Waals surface area contributed by atoms with Gasteiger partial charge in [-0.1, -0.05) is 0 Å². The van der Waals surface area contributed by atoms with E-state index in [-0.39, 0.29) is 6.09 Å². The zero-order chi connectivity index (χ0) is 15.7. The van der Waals surface area contributed by atoms with Crippen molar-refractivity contribution in [2.24, 2.45) is 0 Å². The maximum atomic E-state index is 12.0. The number of piperazine rings is 1. The van der Waals surface area contributed by atoms with E-state index in [1.807, 2.05) is 32.9 Å². The number of carbonyl (C=O) groups is 1. The van der Waals surface area contributed by atoms with Crippen molar-refractivity contribution in [1.29, 1.82) is 0 Å². The maximum absolute atomic E-state index is 12.0. The van der Waals surface area contributed by atoms with E-state index >= 15 is 0 Å². The fourth-order valence-electron chi connectivity index (χ4n) is 2.33.